The van der Waals surface area contributed by atoms with Crippen LogP contribution in [0.2, 0.25) is 0 Å². The number of fused-ring (bicyclic) bond motifs is 1. The third kappa shape index (κ3) is 1.79. The van der Waals surface area contributed by atoms with Crippen molar-refractivity contribution in [1.82, 2.24) is 10.2 Å². The van der Waals surface area contributed by atoms with Crippen molar-refractivity contribution in [3.05, 3.63) is 11.3 Å². The van der Waals surface area contributed by atoms with Crippen LogP contribution < -0.4 is 5.32 Å². The molecular weight excluding hydrogens is 268 g/mol. The summed E-state index contributed by atoms with van der Waals surface area (Å²) in [5, 5.41) is 22.2. The smallest absolute Gasteiger partial charge is 0.352 e. The molecule has 3 heterocycles. The van der Waals surface area contributed by atoms with Crippen molar-refractivity contribution in [1.29, 1.82) is 0 Å². The van der Waals surface area contributed by atoms with Crippen molar-refractivity contribution in [2.24, 2.45) is 5.92 Å². The Morgan fingerprint density at radius 2 is 2.32 bits per heavy atom. The number of β-lactam (4-membered cyclic amide) rings is 1. The molecule has 3 aliphatic rings. The maximum Gasteiger partial charge on any atom is 0.352 e. The first-order valence-electron chi connectivity index (χ1n) is 6.31. The van der Waals surface area contributed by atoms with Crippen LogP contribution >= 0.6 is 11.8 Å². The fraction of sp³-hybridized carbons (Fsp3) is 0.667. The van der Waals surface area contributed by atoms with Crippen molar-refractivity contribution >= 4 is 23.6 Å². The Labute approximate surface area is 114 Å². The second-order valence-corrected chi connectivity index (χ2v) is 6.23. The van der Waals surface area contributed by atoms with Crippen LogP contribution in [0.4, 0.5) is 0 Å². The van der Waals surface area contributed by atoms with Gasteiger partial charge >= 0.3 is 5.97 Å². The van der Waals surface area contributed by atoms with Crippen molar-refractivity contribution in [2.75, 3.05) is 11.6 Å². The number of aliphatic carboxylic acids is 1. The van der Waals surface area contributed by atoms with Crippen LogP contribution in [-0.2, 0) is 9.59 Å². The first-order valence-corrected chi connectivity index (χ1v) is 7.46. The van der Waals surface area contributed by atoms with Gasteiger partial charge in [-0.05, 0) is 18.9 Å². The number of carbonyl (C=O) groups is 2. The molecular formula is C12H16N2O4S. The Balaban J connectivity index is 1.91. The summed E-state index contributed by atoms with van der Waals surface area (Å²) in [5.41, 5.74) is 0.936. The van der Waals surface area contributed by atoms with Gasteiger partial charge in [0.05, 0.1) is 18.1 Å². The number of nitrogens with one attached hydrogen (secondary N) is 1. The van der Waals surface area contributed by atoms with Gasteiger partial charge < -0.3 is 20.4 Å². The van der Waals surface area contributed by atoms with E-state index in [1.807, 2.05) is 0 Å². The average molecular weight is 284 g/mol. The van der Waals surface area contributed by atoms with E-state index in [0.717, 1.165) is 17.2 Å². The lowest BCUT2D eigenvalue weighted by atomic mass is 9.82. The number of aliphatic hydroxyl groups is 1. The number of carbonyl (C=O) groups excluding carboxylic acids is 1. The second kappa shape index (κ2) is 4.50. The van der Waals surface area contributed by atoms with Gasteiger partial charge in [0.15, 0.2) is 0 Å². The van der Waals surface area contributed by atoms with Crippen molar-refractivity contribution < 1.29 is 19.8 Å². The predicted octanol–water partition coefficient (Wildman–Crippen LogP) is -0.401. The number of amides is 1. The molecule has 0 radical (unpaired) electrons. The Kier molecular flexibility index (Phi) is 3.07. The molecule has 3 aliphatic heterocycles. The molecule has 0 spiro atoms. The molecule has 6 nitrogen and oxygen atoms in total. The highest BCUT2D eigenvalue weighted by Crippen LogP contribution is 2.45. The second-order valence-electron chi connectivity index (χ2n) is 5.20. The van der Waals surface area contributed by atoms with E-state index in [4.69, 9.17) is 0 Å². The van der Waals surface area contributed by atoms with Gasteiger partial charge in [-0.25, -0.2) is 4.79 Å². The average Bonchev–Trinajstić information content (AvgIpc) is 2.92. The van der Waals surface area contributed by atoms with Gasteiger partial charge in [-0.3, -0.25) is 4.79 Å². The topological polar surface area (TPSA) is 89.9 Å². The molecule has 0 unspecified atom stereocenters. The Morgan fingerprint density at radius 3 is 2.84 bits per heavy atom. The van der Waals surface area contributed by atoms with E-state index >= 15 is 0 Å². The van der Waals surface area contributed by atoms with Crippen LogP contribution in [-0.4, -0.2) is 56.8 Å². The summed E-state index contributed by atoms with van der Waals surface area (Å²) in [4.78, 5) is 24.8. The monoisotopic (exact) mass is 284 g/mol. The lowest BCUT2D eigenvalue weighted by molar-refractivity contribution is -0.161. The van der Waals surface area contributed by atoms with Crippen LogP contribution in [0.15, 0.2) is 11.3 Å². The summed E-state index contributed by atoms with van der Waals surface area (Å²) in [6.07, 6.45) is -0.171. The molecule has 0 aromatic rings. The van der Waals surface area contributed by atoms with Crippen LogP contribution in [0.5, 0.6) is 0 Å². The highest BCUT2D eigenvalue weighted by Gasteiger charge is 2.57. The first-order chi connectivity index (χ1) is 9.02. The van der Waals surface area contributed by atoms with Crippen LogP contribution in [0.1, 0.15) is 13.3 Å². The van der Waals surface area contributed by atoms with Crippen molar-refractivity contribution in [3.8, 4) is 0 Å². The summed E-state index contributed by atoms with van der Waals surface area (Å²) in [6.45, 7) is 1.59. The van der Waals surface area contributed by atoms with E-state index < -0.39 is 18.0 Å². The van der Waals surface area contributed by atoms with Crippen LogP contribution in [0, 0.1) is 5.92 Å². The van der Waals surface area contributed by atoms with Gasteiger partial charge in [0.25, 0.3) is 0 Å². The fourth-order valence-corrected chi connectivity index (χ4v) is 4.22. The third-order valence-corrected chi connectivity index (χ3v) is 5.04. The molecule has 0 aromatic carbocycles. The van der Waals surface area contributed by atoms with E-state index in [1.165, 1.54) is 4.90 Å². The molecule has 3 N–H and O–H groups in total. The molecule has 0 aromatic heterocycles. The van der Waals surface area contributed by atoms with Gasteiger partial charge in [0.1, 0.15) is 5.70 Å². The predicted molar refractivity (Wildman–Crippen MR) is 69.3 cm³/mol. The SMILES string of the molecule is C[C@@H](O)[C@H]1C(=O)N2C(C(=O)O)=C([C@@H]3CSCN3)C[C@H]12. The summed E-state index contributed by atoms with van der Waals surface area (Å²) in [6, 6.07) is -0.148. The zero-order chi connectivity index (χ0) is 13.7. The van der Waals surface area contributed by atoms with Crippen LogP contribution in [0.3, 0.4) is 0 Å². The van der Waals surface area contributed by atoms with Gasteiger partial charge in [-0.2, -0.15) is 0 Å². The quantitative estimate of drug-likeness (QED) is 0.611. The number of hydrogen-bond donors (Lipinski definition) is 3. The lowest BCUT2D eigenvalue weighted by Gasteiger charge is -2.44. The molecule has 7 heteroatoms. The molecule has 104 valence electrons. The van der Waals surface area contributed by atoms with E-state index in [9.17, 15) is 19.8 Å². The Bertz CT molecular complexity index is 470. The fourth-order valence-electron chi connectivity index (χ4n) is 3.23. The van der Waals surface area contributed by atoms with Gasteiger partial charge in [-0.15, -0.1) is 11.8 Å². The minimum Gasteiger partial charge on any atom is -0.477 e. The maximum atomic E-state index is 12.0. The van der Waals surface area contributed by atoms with Gasteiger partial charge in [0.2, 0.25) is 5.91 Å². The summed E-state index contributed by atoms with van der Waals surface area (Å²) < 4.78 is 0. The Hall–Kier alpha value is -1.05. The molecule has 2 fully saturated rings. The number of nitrogens with zero attached hydrogens (tertiary/aromatic N) is 1. The number of rotatable bonds is 3. The molecule has 3 rings (SSSR count). The summed E-state index contributed by atoms with van der Waals surface area (Å²) in [5.74, 6) is -0.132. The van der Waals surface area contributed by atoms with Crippen LogP contribution in [0.25, 0.3) is 0 Å². The number of carboxylic acids is 1. The molecule has 1 amide bonds. The van der Waals surface area contributed by atoms with Gasteiger partial charge in [0, 0.05) is 17.7 Å². The molecule has 19 heavy (non-hydrogen) atoms. The number of carboxylic acid groups (broad SMARTS) is 1. The highest BCUT2D eigenvalue weighted by molar-refractivity contribution is 7.99. The molecule has 2 saturated heterocycles. The van der Waals surface area contributed by atoms with Crippen molar-refractivity contribution in [2.45, 2.75) is 31.5 Å². The van der Waals surface area contributed by atoms with Crippen molar-refractivity contribution in [3.63, 3.8) is 0 Å². The lowest BCUT2D eigenvalue weighted by Crippen LogP contribution is -2.61. The molecule has 0 saturated carbocycles. The zero-order valence-corrected chi connectivity index (χ0v) is 11.3. The van der Waals surface area contributed by atoms with E-state index in [0.29, 0.717) is 6.42 Å². The summed E-state index contributed by atoms with van der Waals surface area (Å²) >= 11 is 1.72. The summed E-state index contributed by atoms with van der Waals surface area (Å²) in [7, 11) is 0. The largest absolute Gasteiger partial charge is 0.477 e. The number of aliphatic hydroxyl groups excluding tert-OH is 1. The van der Waals surface area contributed by atoms with E-state index in [-0.39, 0.29) is 23.7 Å². The normalized spacial score (nSPS) is 35.4. The number of hydrogen-bond acceptors (Lipinski definition) is 5. The molecule has 4 atom stereocenters. The molecule has 0 bridgehead atoms. The first kappa shape index (κ1) is 13.0. The van der Waals surface area contributed by atoms with Gasteiger partial charge in [-0.1, -0.05) is 0 Å². The van der Waals surface area contributed by atoms with E-state index in [1.54, 1.807) is 18.7 Å². The Morgan fingerprint density at radius 1 is 1.58 bits per heavy atom. The minimum atomic E-state index is -1.05. The minimum absolute atomic E-state index is 0.0316. The van der Waals surface area contributed by atoms with E-state index in [2.05, 4.69) is 5.32 Å². The highest BCUT2D eigenvalue weighted by atomic mass is 32.2. The number of thioether (sulfide) groups is 1. The standard InChI is InChI=1S/C12H16N2O4S/c1-5(15)9-8-2-6(7-3-19-4-13-7)10(12(17)18)14(8)11(9)16/h5,7-9,13,15H,2-4H2,1H3,(H,17,18)/t5-,7+,8-,9-/m1/s1. The molecule has 0 aliphatic carbocycles. The maximum absolute atomic E-state index is 12.0. The third-order valence-electron chi connectivity index (χ3n) is 4.10. The zero-order valence-electron chi connectivity index (χ0n) is 10.5.